The van der Waals surface area contributed by atoms with Crippen LogP contribution in [0.4, 0.5) is 5.82 Å². The molecule has 0 bridgehead atoms. The molecule has 1 heterocycles. The molecular weight excluding hydrogens is 249 g/mol. The summed E-state index contributed by atoms with van der Waals surface area (Å²) >= 11 is 0. The summed E-state index contributed by atoms with van der Waals surface area (Å²) in [6.45, 7) is 0.315. The maximum Gasteiger partial charge on any atom is 0.353 e. The van der Waals surface area contributed by atoms with Gasteiger partial charge in [-0.1, -0.05) is 0 Å². The second-order valence-electron chi connectivity index (χ2n) is 3.19. The van der Waals surface area contributed by atoms with Crippen molar-refractivity contribution in [3.63, 3.8) is 0 Å². The van der Waals surface area contributed by atoms with Crippen molar-refractivity contribution in [3.05, 3.63) is 22.7 Å². The maximum absolute atomic E-state index is 11.3. The van der Waals surface area contributed by atoms with E-state index in [4.69, 9.17) is 15.4 Å². The predicted octanol–water partition coefficient (Wildman–Crippen LogP) is -0.369. The fourth-order valence-electron chi connectivity index (χ4n) is 1.01. The van der Waals surface area contributed by atoms with Gasteiger partial charge in [-0.05, 0) is 6.07 Å². The first kappa shape index (κ1) is 13.9. The molecule has 0 aliphatic carbocycles. The van der Waals surface area contributed by atoms with Gasteiger partial charge >= 0.3 is 13.3 Å². The van der Waals surface area contributed by atoms with Gasteiger partial charge in [-0.3, -0.25) is 9.13 Å². The molecule has 0 saturated carbocycles. The normalized spacial score (nSPS) is 14.5. The van der Waals surface area contributed by atoms with Gasteiger partial charge in [-0.25, -0.2) is 4.79 Å². The number of nitrogen functional groups attached to an aromatic ring is 1. The zero-order valence-electron chi connectivity index (χ0n) is 9.28. The average molecular weight is 263 g/mol. The van der Waals surface area contributed by atoms with Crippen molar-refractivity contribution in [3.8, 4) is 0 Å². The standard InChI is InChI=1S/C8H14N3O5P/c1-15-17(13,14)6-16-5-4-11-3-2-7(9)10-8(11)12/h2-3H,4-6H2,1H3,(H,13,14)(H2,9,10,12). The Labute approximate surface area is 97.5 Å². The second kappa shape index (κ2) is 5.92. The SMILES string of the molecule is COP(=O)(O)COCCn1ccc(N)nc1=O. The summed E-state index contributed by atoms with van der Waals surface area (Å²) in [6, 6.07) is 1.48. The van der Waals surface area contributed by atoms with Crippen LogP contribution in [0, 0.1) is 0 Å². The number of ether oxygens (including phenoxy) is 1. The van der Waals surface area contributed by atoms with E-state index in [1.165, 1.54) is 16.8 Å². The largest absolute Gasteiger partial charge is 0.383 e. The molecule has 0 fully saturated rings. The van der Waals surface area contributed by atoms with Crippen molar-refractivity contribution in [2.45, 2.75) is 6.54 Å². The second-order valence-corrected chi connectivity index (χ2v) is 5.08. The lowest BCUT2D eigenvalue weighted by Crippen LogP contribution is -2.25. The first-order chi connectivity index (χ1) is 7.94. The van der Waals surface area contributed by atoms with Crippen LogP contribution >= 0.6 is 7.60 Å². The summed E-state index contributed by atoms with van der Waals surface area (Å²) in [4.78, 5) is 23.8. The van der Waals surface area contributed by atoms with E-state index in [9.17, 15) is 9.36 Å². The Hall–Kier alpha value is -1.21. The number of nitrogens with two attached hydrogens (primary N) is 1. The van der Waals surface area contributed by atoms with Crippen LogP contribution in [0.2, 0.25) is 0 Å². The number of anilines is 1. The van der Waals surface area contributed by atoms with Crippen LogP contribution in [0.1, 0.15) is 0 Å². The molecule has 96 valence electrons. The molecule has 8 nitrogen and oxygen atoms in total. The van der Waals surface area contributed by atoms with E-state index in [-0.39, 0.29) is 19.0 Å². The number of hydrogen-bond donors (Lipinski definition) is 2. The minimum Gasteiger partial charge on any atom is -0.383 e. The van der Waals surface area contributed by atoms with Crippen LogP contribution in [0.15, 0.2) is 17.1 Å². The third-order valence-corrected chi connectivity index (χ3v) is 2.99. The highest BCUT2D eigenvalue weighted by molar-refractivity contribution is 7.52. The zero-order valence-corrected chi connectivity index (χ0v) is 10.2. The highest BCUT2D eigenvalue weighted by Crippen LogP contribution is 2.40. The van der Waals surface area contributed by atoms with Crippen LogP contribution in [0.5, 0.6) is 0 Å². The third kappa shape index (κ3) is 4.66. The van der Waals surface area contributed by atoms with Gasteiger partial charge in [0.1, 0.15) is 12.2 Å². The molecule has 1 unspecified atom stereocenters. The van der Waals surface area contributed by atoms with Crippen LogP contribution in [-0.2, 0) is 20.4 Å². The van der Waals surface area contributed by atoms with Crippen LogP contribution in [0.3, 0.4) is 0 Å². The van der Waals surface area contributed by atoms with E-state index in [1.54, 1.807) is 0 Å². The number of aromatic nitrogens is 2. The van der Waals surface area contributed by atoms with Gasteiger partial charge in [-0.2, -0.15) is 4.98 Å². The summed E-state index contributed by atoms with van der Waals surface area (Å²) < 4.78 is 21.5. The Kier molecular flexibility index (Phi) is 4.83. The van der Waals surface area contributed by atoms with E-state index in [2.05, 4.69) is 9.51 Å². The fourth-order valence-corrected chi connectivity index (χ4v) is 1.47. The number of rotatable bonds is 6. The summed E-state index contributed by atoms with van der Waals surface area (Å²) in [7, 11) is -2.54. The Bertz CT molecular complexity index is 474. The molecule has 1 rings (SSSR count). The molecule has 0 amide bonds. The van der Waals surface area contributed by atoms with E-state index in [1.807, 2.05) is 0 Å². The van der Waals surface area contributed by atoms with Crippen LogP contribution in [0.25, 0.3) is 0 Å². The molecule has 9 heteroatoms. The molecular formula is C8H14N3O5P. The summed E-state index contributed by atoms with van der Waals surface area (Å²) in [5, 5.41) is 0. The molecule has 0 saturated heterocycles. The quantitative estimate of drug-likeness (QED) is 0.531. The molecule has 0 aliphatic rings. The first-order valence-corrected chi connectivity index (χ1v) is 6.49. The van der Waals surface area contributed by atoms with E-state index >= 15 is 0 Å². The van der Waals surface area contributed by atoms with Gasteiger partial charge in [0.05, 0.1) is 13.2 Å². The molecule has 3 N–H and O–H groups in total. The Morgan fingerprint density at radius 1 is 1.65 bits per heavy atom. The summed E-state index contributed by atoms with van der Waals surface area (Å²) in [6.07, 6.45) is 1.06. The third-order valence-electron chi connectivity index (χ3n) is 1.91. The van der Waals surface area contributed by atoms with Crippen molar-refractivity contribution in [1.29, 1.82) is 0 Å². The topological polar surface area (TPSA) is 117 Å². The molecule has 17 heavy (non-hydrogen) atoms. The molecule has 1 aromatic rings. The summed E-state index contributed by atoms with van der Waals surface area (Å²) in [5.41, 5.74) is 4.82. The van der Waals surface area contributed by atoms with Crippen molar-refractivity contribution in [2.75, 3.05) is 25.8 Å². The minimum atomic E-state index is -3.66. The smallest absolute Gasteiger partial charge is 0.353 e. The molecule has 0 aliphatic heterocycles. The Balaban J connectivity index is 2.42. The van der Waals surface area contributed by atoms with Gasteiger partial charge in [0.25, 0.3) is 0 Å². The average Bonchev–Trinajstić information content (AvgIpc) is 2.27. The van der Waals surface area contributed by atoms with Crippen molar-refractivity contribution in [2.24, 2.45) is 0 Å². The molecule has 1 atom stereocenters. The van der Waals surface area contributed by atoms with Crippen molar-refractivity contribution in [1.82, 2.24) is 9.55 Å². The molecule has 0 spiro atoms. The van der Waals surface area contributed by atoms with Crippen LogP contribution < -0.4 is 11.4 Å². The highest BCUT2D eigenvalue weighted by Gasteiger charge is 2.16. The first-order valence-electron chi connectivity index (χ1n) is 4.73. The van der Waals surface area contributed by atoms with Gasteiger partial charge in [0, 0.05) is 13.3 Å². The molecule has 0 aromatic carbocycles. The van der Waals surface area contributed by atoms with Crippen LogP contribution in [-0.4, -0.2) is 34.5 Å². The predicted molar refractivity (Wildman–Crippen MR) is 60.6 cm³/mol. The van der Waals surface area contributed by atoms with E-state index in [0.29, 0.717) is 0 Å². The van der Waals surface area contributed by atoms with Gasteiger partial charge in [0.15, 0.2) is 0 Å². The number of hydrogen-bond acceptors (Lipinski definition) is 6. The minimum absolute atomic E-state index is 0.0966. The fraction of sp³-hybridized carbons (Fsp3) is 0.500. The van der Waals surface area contributed by atoms with E-state index in [0.717, 1.165) is 7.11 Å². The zero-order chi connectivity index (χ0) is 12.9. The van der Waals surface area contributed by atoms with E-state index < -0.39 is 19.6 Å². The Morgan fingerprint density at radius 2 is 2.35 bits per heavy atom. The molecule has 1 aromatic heterocycles. The maximum atomic E-state index is 11.3. The lowest BCUT2D eigenvalue weighted by atomic mass is 10.5. The van der Waals surface area contributed by atoms with Gasteiger partial charge in [0.2, 0.25) is 0 Å². The monoisotopic (exact) mass is 263 g/mol. The summed E-state index contributed by atoms with van der Waals surface area (Å²) in [5.74, 6) is 0.145. The lowest BCUT2D eigenvalue weighted by Gasteiger charge is -2.09. The molecule has 0 radical (unpaired) electrons. The van der Waals surface area contributed by atoms with Gasteiger partial charge < -0.3 is 19.9 Å². The van der Waals surface area contributed by atoms with Gasteiger partial charge in [-0.15, -0.1) is 0 Å². The van der Waals surface area contributed by atoms with Crippen molar-refractivity contribution < 1.29 is 18.7 Å². The highest BCUT2D eigenvalue weighted by atomic mass is 31.2. The van der Waals surface area contributed by atoms with Crippen molar-refractivity contribution >= 4 is 13.4 Å². The number of nitrogens with zero attached hydrogens (tertiary/aromatic N) is 2. The lowest BCUT2D eigenvalue weighted by molar-refractivity contribution is 0.143. The Morgan fingerprint density at radius 3 is 2.94 bits per heavy atom.